The van der Waals surface area contributed by atoms with Crippen molar-refractivity contribution >= 4 is 5.91 Å². The third-order valence-electron chi connectivity index (χ3n) is 5.69. The van der Waals surface area contributed by atoms with Crippen molar-refractivity contribution in [2.24, 2.45) is 5.92 Å². The van der Waals surface area contributed by atoms with Gasteiger partial charge in [0.25, 0.3) is 5.91 Å². The van der Waals surface area contributed by atoms with Crippen LogP contribution in [0, 0.1) is 5.92 Å². The van der Waals surface area contributed by atoms with Gasteiger partial charge in [-0.15, -0.1) is 0 Å². The van der Waals surface area contributed by atoms with Crippen LogP contribution in [0.3, 0.4) is 0 Å². The van der Waals surface area contributed by atoms with Crippen molar-refractivity contribution in [2.45, 2.75) is 77.0 Å². The minimum Gasteiger partial charge on any atom is -0.390 e. The lowest BCUT2D eigenvalue weighted by Gasteiger charge is -2.43. The topological polar surface area (TPSA) is 58.4 Å². The first-order chi connectivity index (χ1) is 10.9. The molecule has 1 saturated heterocycles. The summed E-state index contributed by atoms with van der Waals surface area (Å²) in [5, 5.41) is 10.8. The van der Waals surface area contributed by atoms with E-state index in [1.54, 1.807) is 6.33 Å². The van der Waals surface area contributed by atoms with Gasteiger partial charge in [-0.3, -0.25) is 4.79 Å². The molecule has 2 aliphatic rings. The average molecular weight is 319 g/mol. The number of imidazole rings is 1. The van der Waals surface area contributed by atoms with Crippen LogP contribution in [0.1, 0.15) is 75.8 Å². The molecule has 128 valence electrons. The number of hydrogen-bond acceptors (Lipinski definition) is 3. The first kappa shape index (κ1) is 16.5. The molecule has 23 heavy (non-hydrogen) atoms. The van der Waals surface area contributed by atoms with Gasteiger partial charge in [-0.2, -0.15) is 0 Å². The van der Waals surface area contributed by atoms with Crippen LogP contribution < -0.4 is 0 Å². The van der Waals surface area contributed by atoms with E-state index in [9.17, 15) is 9.90 Å². The summed E-state index contributed by atoms with van der Waals surface area (Å²) in [5.41, 5.74) is -0.121. The molecule has 2 heterocycles. The lowest BCUT2D eigenvalue weighted by molar-refractivity contribution is -0.0578. The molecule has 3 atom stereocenters. The van der Waals surface area contributed by atoms with E-state index in [4.69, 9.17) is 0 Å². The lowest BCUT2D eigenvalue weighted by Crippen LogP contribution is -2.50. The van der Waals surface area contributed by atoms with E-state index in [0.29, 0.717) is 11.7 Å². The van der Waals surface area contributed by atoms with Gasteiger partial charge in [0.05, 0.1) is 11.9 Å². The molecule has 3 rings (SSSR count). The van der Waals surface area contributed by atoms with E-state index in [1.807, 2.05) is 22.6 Å². The number of nitrogens with zero attached hydrogens (tertiary/aromatic N) is 3. The number of aromatic nitrogens is 2. The smallest absolute Gasteiger partial charge is 0.274 e. The van der Waals surface area contributed by atoms with Crippen LogP contribution in [-0.2, 0) is 0 Å². The lowest BCUT2D eigenvalue weighted by atomic mass is 9.72. The highest BCUT2D eigenvalue weighted by Crippen LogP contribution is 2.41. The van der Waals surface area contributed by atoms with Crippen LogP contribution in [0.25, 0.3) is 0 Å². The zero-order chi connectivity index (χ0) is 16.6. The molecule has 3 unspecified atom stereocenters. The Kier molecular flexibility index (Phi) is 4.50. The zero-order valence-electron chi connectivity index (χ0n) is 14.5. The summed E-state index contributed by atoms with van der Waals surface area (Å²) in [7, 11) is 0. The number of amides is 1. The molecule has 1 amide bonds. The molecule has 1 saturated carbocycles. The predicted molar refractivity (Wildman–Crippen MR) is 89.3 cm³/mol. The Bertz CT molecular complexity index is 564. The summed E-state index contributed by atoms with van der Waals surface area (Å²) in [6, 6.07) is 0.458. The molecule has 0 bridgehead atoms. The number of rotatable bonds is 3. The second-order valence-electron chi connectivity index (χ2n) is 7.72. The number of carbonyl (C=O) groups excluding carboxylic acids is 1. The molecule has 0 radical (unpaired) electrons. The summed E-state index contributed by atoms with van der Waals surface area (Å²) in [4.78, 5) is 19.2. The van der Waals surface area contributed by atoms with Crippen molar-refractivity contribution in [1.29, 1.82) is 0 Å². The molecule has 1 aromatic rings. The second-order valence-corrected chi connectivity index (χ2v) is 7.72. The normalized spacial score (nSPS) is 31.8. The fourth-order valence-electron chi connectivity index (χ4n) is 4.29. The van der Waals surface area contributed by atoms with Gasteiger partial charge < -0.3 is 14.6 Å². The molecule has 1 aliphatic carbocycles. The van der Waals surface area contributed by atoms with Crippen LogP contribution in [0.5, 0.6) is 0 Å². The summed E-state index contributed by atoms with van der Waals surface area (Å²) in [6.07, 6.45) is 9.71. The number of hydrogen-bond donors (Lipinski definition) is 1. The number of carbonyl (C=O) groups is 1. The molecular formula is C18H29N3O2. The molecule has 5 heteroatoms. The number of aliphatic hydroxyl groups is 1. The van der Waals surface area contributed by atoms with E-state index in [1.165, 1.54) is 0 Å². The molecule has 2 fully saturated rings. The largest absolute Gasteiger partial charge is 0.390 e. The maximum Gasteiger partial charge on any atom is 0.274 e. The Labute approximate surface area is 138 Å². The number of likely N-dealkylation sites (tertiary alicyclic amines) is 1. The Hall–Kier alpha value is -1.36. The van der Waals surface area contributed by atoms with Gasteiger partial charge in [0, 0.05) is 30.7 Å². The summed E-state index contributed by atoms with van der Waals surface area (Å²) in [5.74, 6) is 0.211. The second kappa shape index (κ2) is 6.27. The summed E-state index contributed by atoms with van der Waals surface area (Å²) in [6.45, 7) is 6.89. The molecule has 1 aromatic heterocycles. The van der Waals surface area contributed by atoms with Crippen molar-refractivity contribution in [3.05, 3.63) is 18.2 Å². The Balaban J connectivity index is 1.79. The van der Waals surface area contributed by atoms with Gasteiger partial charge in [0.15, 0.2) is 0 Å². The van der Waals surface area contributed by atoms with Gasteiger partial charge in [0.2, 0.25) is 0 Å². The van der Waals surface area contributed by atoms with Crippen molar-refractivity contribution in [3.63, 3.8) is 0 Å². The molecule has 5 nitrogen and oxygen atoms in total. The van der Waals surface area contributed by atoms with E-state index < -0.39 is 5.60 Å². The van der Waals surface area contributed by atoms with E-state index >= 15 is 0 Å². The molecule has 0 aromatic carbocycles. The first-order valence-corrected chi connectivity index (χ1v) is 8.97. The zero-order valence-corrected chi connectivity index (χ0v) is 14.5. The standard InChI is InChI=1S/C18H29N3O2/c1-13(2)20-11-15(19-12-20)17(22)21-10-6-8-16(21)14-7-4-5-9-18(14,3)23/h11-14,16,23H,4-10H2,1-3H3. The Morgan fingerprint density at radius 3 is 2.78 bits per heavy atom. The molecule has 0 spiro atoms. The quantitative estimate of drug-likeness (QED) is 0.931. The predicted octanol–water partition coefficient (Wildman–Crippen LogP) is 3.01. The average Bonchev–Trinajstić information content (AvgIpc) is 3.15. The van der Waals surface area contributed by atoms with Gasteiger partial charge >= 0.3 is 0 Å². The van der Waals surface area contributed by atoms with E-state index in [2.05, 4.69) is 18.8 Å². The van der Waals surface area contributed by atoms with Crippen LogP contribution in [0.2, 0.25) is 0 Å². The highest BCUT2D eigenvalue weighted by Gasteiger charge is 2.45. The van der Waals surface area contributed by atoms with Crippen molar-refractivity contribution < 1.29 is 9.90 Å². The van der Waals surface area contributed by atoms with Crippen LogP contribution in [-0.4, -0.2) is 43.7 Å². The highest BCUT2D eigenvalue weighted by atomic mass is 16.3. The Morgan fingerprint density at radius 1 is 1.35 bits per heavy atom. The SMILES string of the molecule is CC(C)n1cnc(C(=O)N2CCCC2C2CCCCC2(C)O)c1. The van der Waals surface area contributed by atoms with Crippen molar-refractivity contribution in [2.75, 3.05) is 6.54 Å². The molecular weight excluding hydrogens is 290 g/mol. The minimum absolute atomic E-state index is 0.0215. The minimum atomic E-state index is -0.650. The van der Waals surface area contributed by atoms with Crippen LogP contribution in [0.15, 0.2) is 12.5 Å². The van der Waals surface area contributed by atoms with Crippen LogP contribution in [0.4, 0.5) is 0 Å². The summed E-state index contributed by atoms with van der Waals surface area (Å²) >= 11 is 0. The molecule has 1 aliphatic heterocycles. The van der Waals surface area contributed by atoms with E-state index in [-0.39, 0.29) is 17.9 Å². The van der Waals surface area contributed by atoms with Crippen molar-refractivity contribution in [3.8, 4) is 0 Å². The highest BCUT2D eigenvalue weighted by molar-refractivity contribution is 5.92. The first-order valence-electron chi connectivity index (χ1n) is 8.97. The van der Waals surface area contributed by atoms with Gasteiger partial charge in [-0.1, -0.05) is 12.8 Å². The van der Waals surface area contributed by atoms with Gasteiger partial charge in [0.1, 0.15) is 5.69 Å². The third-order valence-corrected chi connectivity index (χ3v) is 5.69. The van der Waals surface area contributed by atoms with Gasteiger partial charge in [-0.25, -0.2) is 4.98 Å². The Morgan fingerprint density at radius 2 is 2.13 bits per heavy atom. The fourth-order valence-corrected chi connectivity index (χ4v) is 4.29. The van der Waals surface area contributed by atoms with Gasteiger partial charge in [-0.05, 0) is 46.5 Å². The maximum atomic E-state index is 12.9. The fraction of sp³-hybridized carbons (Fsp3) is 0.778. The maximum absolute atomic E-state index is 12.9. The third kappa shape index (κ3) is 3.16. The summed E-state index contributed by atoms with van der Waals surface area (Å²) < 4.78 is 1.97. The monoisotopic (exact) mass is 319 g/mol. The van der Waals surface area contributed by atoms with E-state index in [0.717, 1.165) is 45.1 Å². The van der Waals surface area contributed by atoms with Crippen LogP contribution >= 0.6 is 0 Å². The van der Waals surface area contributed by atoms with Crippen molar-refractivity contribution in [1.82, 2.24) is 14.5 Å². The molecule has 1 N–H and O–H groups in total.